The van der Waals surface area contributed by atoms with Crippen LogP contribution in [0, 0.1) is 0 Å². The number of amides is 1. The zero-order chi connectivity index (χ0) is 15.2. The monoisotopic (exact) mass is 348 g/mol. The van der Waals surface area contributed by atoms with Crippen molar-refractivity contribution < 1.29 is 9.53 Å². The smallest absolute Gasteiger partial charge is 0.255 e. The zero-order valence-electron chi connectivity index (χ0n) is 11.7. The molecule has 0 bridgehead atoms. The molecule has 0 saturated heterocycles. The van der Waals surface area contributed by atoms with Gasteiger partial charge in [-0.2, -0.15) is 0 Å². The van der Waals surface area contributed by atoms with Crippen LogP contribution in [0.4, 0.5) is 5.69 Å². The Morgan fingerprint density at radius 2 is 1.95 bits per heavy atom. The van der Waals surface area contributed by atoms with Crippen molar-refractivity contribution in [3.63, 3.8) is 0 Å². The Morgan fingerprint density at radius 3 is 2.52 bits per heavy atom. The third-order valence-corrected chi connectivity index (χ3v) is 3.68. The molecule has 110 valence electrons. The molecule has 0 aliphatic rings. The normalized spacial score (nSPS) is 10.2. The van der Waals surface area contributed by atoms with Gasteiger partial charge < -0.3 is 15.8 Å². The van der Waals surface area contributed by atoms with Crippen molar-refractivity contribution in [2.24, 2.45) is 5.73 Å². The molecule has 0 aliphatic carbocycles. The van der Waals surface area contributed by atoms with Gasteiger partial charge in [-0.3, -0.25) is 4.79 Å². The largest absolute Gasteiger partial charge is 0.496 e. The van der Waals surface area contributed by atoms with Crippen LogP contribution in [-0.2, 0) is 6.42 Å². The second-order valence-corrected chi connectivity index (χ2v) is 5.39. The molecule has 0 aliphatic heterocycles. The summed E-state index contributed by atoms with van der Waals surface area (Å²) in [5.41, 5.74) is 7.95. The van der Waals surface area contributed by atoms with Gasteiger partial charge in [-0.15, -0.1) is 0 Å². The number of carbonyl (C=O) groups excluding carboxylic acids is 1. The Bertz CT molecular complexity index is 627. The van der Waals surface area contributed by atoms with Gasteiger partial charge in [0.2, 0.25) is 0 Å². The van der Waals surface area contributed by atoms with Crippen molar-refractivity contribution in [1.29, 1.82) is 0 Å². The molecule has 0 saturated carbocycles. The fourth-order valence-corrected chi connectivity index (χ4v) is 2.48. The van der Waals surface area contributed by atoms with Crippen LogP contribution in [0.2, 0.25) is 0 Å². The summed E-state index contributed by atoms with van der Waals surface area (Å²) >= 11 is 3.39. The number of halogens is 1. The highest BCUT2D eigenvalue weighted by Crippen LogP contribution is 2.27. The molecule has 0 atom stereocenters. The van der Waals surface area contributed by atoms with Crippen LogP contribution in [0.1, 0.15) is 15.9 Å². The summed E-state index contributed by atoms with van der Waals surface area (Å²) in [6.07, 6.45) is 0.813. The third kappa shape index (κ3) is 4.06. The summed E-state index contributed by atoms with van der Waals surface area (Å²) < 4.78 is 5.95. The van der Waals surface area contributed by atoms with Crippen molar-refractivity contribution in [1.82, 2.24) is 0 Å². The molecule has 1 amide bonds. The molecule has 3 N–H and O–H groups in total. The fraction of sp³-hybridized carbons (Fsp3) is 0.188. The van der Waals surface area contributed by atoms with E-state index in [2.05, 4.69) is 21.2 Å². The van der Waals surface area contributed by atoms with Gasteiger partial charge in [-0.1, -0.05) is 12.1 Å². The molecule has 2 aromatic rings. The maximum Gasteiger partial charge on any atom is 0.255 e. The molecule has 0 aromatic heterocycles. The summed E-state index contributed by atoms with van der Waals surface area (Å²) in [6.45, 7) is 0.603. The lowest BCUT2D eigenvalue weighted by Crippen LogP contribution is -2.12. The summed E-state index contributed by atoms with van der Waals surface area (Å²) in [5.74, 6) is 0.575. The standard InChI is InChI=1S/C16H17BrN2O2/c1-21-15-7-6-13(10-14(15)17)19-16(20)12-4-2-11(3-5-12)8-9-18/h2-7,10H,8-9,18H2,1H3,(H,19,20). The minimum absolute atomic E-state index is 0.147. The molecule has 0 spiro atoms. The highest BCUT2D eigenvalue weighted by Gasteiger charge is 2.08. The van der Waals surface area contributed by atoms with Gasteiger partial charge in [0.05, 0.1) is 11.6 Å². The molecular formula is C16H17BrN2O2. The van der Waals surface area contributed by atoms with Crippen molar-refractivity contribution in [2.75, 3.05) is 19.0 Å². The number of anilines is 1. The van der Waals surface area contributed by atoms with Gasteiger partial charge in [0.1, 0.15) is 5.75 Å². The second-order valence-electron chi connectivity index (χ2n) is 4.54. The van der Waals surface area contributed by atoms with Gasteiger partial charge in [0, 0.05) is 11.3 Å². The predicted octanol–water partition coefficient (Wildman–Crippen LogP) is 3.21. The number of benzene rings is 2. The minimum atomic E-state index is -0.147. The Morgan fingerprint density at radius 1 is 1.24 bits per heavy atom. The molecule has 0 unspecified atom stereocenters. The van der Waals surface area contributed by atoms with Crippen molar-refractivity contribution in [3.05, 3.63) is 58.1 Å². The van der Waals surface area contributed by atoms with Crippen LogP contribution < -0.4 is 15.8 Å². The summed E-state index contributed by atoms with van der Waals surface area (Å²) in [7, 11) is 1.60. The molecule has 5 heteroatoms. The maximum absolute atomic E-state index is 12.2. The Hall–Kier alpha value is -1.85. The average Bonchev–Trinajstić information content (AvgIpc) is 2.48. The molecule has 2 rings (SSSR count). The van der Waals surface area contributed by atoms with E-state index >= 15 is 0 Å². The Balaban J connectivity index is 2.08. The van der Waals surface area contributed by atoms with Crippen molar-refractivity contribution in [2.45, 2.75) is 6.42 Å². The lowest BCUT2D eigenvalue weighted by atomic mass is 10.1. The van der Waals surface area contributed by atoms with E-state index < -0.39 is 0 Å². The first kappa shape index (κ1) is 15.5. The first-order chi connectivity index (χ1) is 10.1. The average molecular weight is 349 g/mol. The maximum atomic E-state index is 12.2. The zero-order valence-corrected chi connectivity index (χ0v) is 13.3. The number of methoxy groups -OCH3 is 1. The quantitative estimate of drug-likeness (QED) is 0.871. The fourth-order valence-electron chi connectivity index (χ4n) is 1.94. The van der Waals surface area contributed by atoms with Gasteiger partial charge in [0.25, 0.3) is 5.91 Å². The van der Waals surface area contributed by atoms with Crippen LogP contribution in [-0.4, -0.2) is 19.6 Å². The van der Waals surface area contributed by atoms with Crippen LogP contribution in [0.3, 0.4) is 0 Å². The number of carbonyl (C=O) groups is 1. The van der Waals surface area contributed by atoms with Crippen LogP contribution in [0.15, 0.2) is 46.9 Å². The van der Waals surface area contributed by atoms with E-state index in [0.29, 0.717) is 17.8 Å². The summed E-state index contributed by atoms with van der Waals surface area (Å²) in [5, 5.41) is 2.85. The second kappa shape index (κ2) is 7.24. The molecule has 2 aromatic carbocycles. The van der Waals surface area contributed by atoms with E-state index in [1.807, 2.05) is 12.1 Å². The van der Waals surface area contributed by atoms with Crippen molar-refractivity contribution >= 4 is 27.5 Å². The molecule has 0 radical (unpaired) electrons. The van der Waals surface area contributed by atoms with E-state index in [1.54, 1.807) is 37.4 Å². The van der Waals surface area contributed by atoms with Gasteiger partial charge in [-0.25, -0.2) is 0 Å². The Kier molecular flexibility index (Phi) is 5.36. The van der Waals surface area contributed by atoms with Gasteiger partial charge >= 0.3 is 0 Å². The third-order valence-electron chi connectivity index (χ3n) is 3.06. The highest BCUT2D eigenvalue weighted by molar-refractivity contribution is 9.10. The molecule has 0 fully saturated rings. The topological polar surface area (TPSA) is 64.3 Å². The number of hydrogen-bond donors (Lipinski definition) is 2. The first-order valence-corrected chi connectivity index (χ1v) is 7.37. The van der Waals surface area contributed by atoms with E-state index in [0.717, 1.165) is 22.2 Å². The summed E-state index contributed by atoms with van der Waals surface area (Å²) in [6, 6.07) is 12.9. The SMILES string of the molecule is COc1ccc(NC(=O)c2ccc(CCN)cc2)cc1Br. The van der Waals surface area contributed by atoms with Gasteiger partial charge in [0.15, 0.2) is 0 Å². The highest BCUT2D eigenvalue weighted by atomic mass is 79.9. The summed E-state index contributed by atoms with van der Waals surface area (Å²) in [4.78, 5) is 12.2. The Labute approximate surface area is 132 Å². The van der Waals surface area contributed by atoms with Gasteiger partial charge in [-0.05, 0) is 64.8 Å². The van der Waals surface area contributed by atoms with Crippen molar-refractivity contribution in [3.8, 4) is 5.75 Å². The number of hydrogen-bond acceptors (Lipinski definition) is 3. The molecule has 0 heterocycles. The molecular weight excluding hydrogens is 332 g/mol. The van der Waals surface area contributed by atoms with Crippen LogP contribution >= 0.6 is 15.9 Å². The number of rotatable bonds is 5. The van der Waals surface area contributed by atoms with E-state index in [9.17, 15) is 4.79 Å². The van der Waals surface area contributed by atoms with Crippen LogP contribution in [0.25, 0.3) is 0 Å². The van der Waals surface area contributed by atoms with E-state index in [-0.39, 0.29) is 5.91 Å². The first-order valence-electron chi connectivity index (χ1n) is 6.58. The number of ether oxygens (including phenoxy) is 1. The van der Waals surface area contributed by atoms with E-state index in [1.165, 1.54) is 0 Å². The predicted molar refractivity (Wildman–Crippen MR) is 87.8 cm³/mol. The molecule has 4 nitrogen and oxygen atoms in total. The minimum Gasteiger partial charge on any atom is -0.496 e. The van der Waals surface area contributed by atoms with Crippen LogP contribution in [0.5, 0.6) is 5.75 Å². The lowest BCUT2D eigenvalue weighted by molar-refractivity contribution is 0.102. The molecule has 21 heavy (non-hydrogen) atoms. The number of nitrogens with two attached hydrogens (primary N) is 1. The number of nitrogens with one attached hydrogen (secondary N) is 1. The van der Waals surface area contributed by atoms with E-state index in [4.69, 9.17) is 10.5 Å². The lowest BCUT2D eigenvalue weighted by Gasteiger charge is -2.08.